The van der Waals surface area contributed by atoms with Crippen molar-refractivity contribution in [3.05, 3.63) is 35.9 Å². The Labute approximate surface area is 184 Å². The summed E-state index contributed by atoms with van der Waals surface area (Å²) in [6.07, 6.45) is 1.78. The molecule has 3 saturated heterocycles. The normalized spacial score (nSPS) is 24.4. The summed E-state index contributed by atoms with van der Waals surface area (Å²) in [5.41, 5.74) is 1.34. The van der Waals surface area contributed by atoms with Crippen LogP contribution in [0.1, 0.15) is 18.4 Å². The lowest BCUT2D eigenvalue weighted by Crippen LogP contribution is -2.50. The number of likely N-dealkylation sites (tertiary alicyclic amines) is 1. The highest BCUT2D eigenvalue weighted by atomic mass is 16.6. The molecule has 8 nitrogen and oxygen atoms in total. The zero-order valence-corrected chi connectivity index (χ0v) is 18.4. The second kappa shape index (κ2) is 10.4. The van der Waals surface area contributed by atoms with Gasteiger partial charge in [-0.05, 0) is 18.4 Å². The number of piperidine rings is 1. The Kier molecular flexibility index (Phi) is 7.42. The highest BCUT2D eigenvalue weighted by Gasteiger charge is 2.38. The summed E-state index contributed by atoms with van der Waals surface area (Å²) in [7, 11) is 1.42. The first-order chi connectivity index (χ1) is 15.1. The molecule has 1 amide bonds. The van der Waals surface area contributed by atoms with Gasteiger partial charge >= 0.3 is 12.1 Å². The van der Waals surface area contributed by atoms with Crippen LogP contribution >= 0.6 is 0 Å². The van der Waals surface area contributed by atoms with E-state index in [9.17, 15) is 9.59 Å². The van der Waals surface area contributed by atoms with Crippen LogP contribution in [0.4, 0.5) is 4.79 Å². The third-order valence-corrected chi connectivity index (χ3v) is 6.66. The van der Waals surface area contributed by atoms with Gasteiger partial charge < -0.3 is 14.4 Å². The van der Waals surface area contributed by atoms with Gasteiger partial charge in [-0.1, -0.05) is 30.3 Å². The monoisotopic (exact) mass is 430 g/mol. The topological polar surface area (TPSA) is 65.6 Å². The van der Waals surface area contributed by atoms with Crippen LogP contribution in [0.2, 0.25) is 0 Å². The number of piperazine rings is 1. The number of ether oxygens (including phenoxy) is 2. The largest absolute Gasteiger partial charge is 0.468 e. The van der Waals surface area contributed by atoms with Gasteiger partial charge in [0.2, 0.25) is 0 Å². The van der Waals surface area contributed by atoms with Gasteiger partial charge in [-0.3, -0.25) is 19.5 Å². The molecule has 0 aliphatic carbocycles. The SMILES string of the molecule is COC(=O)CN1CCN(CC2CN(C3CCN(Cc4ccccc4)CC3)C(=O)O2)CC1. The Morgan fingerprint density at radius 2 is 1.68 bits per heavy atom. The van der Waals surface area contributed by atoms with E-state index >= 15 is 0 Å². The van der Waals surface area contributed by atoms with E-state index in [4.69, 9.17) is 9.47 Å². The fraction of sp³-hybridized carbons (Fsp3) is 0.652. The number of nitrogens with zero attached hydrogens (tertiary/aromatic N) is 4. The second-order valence-electron chi connectivity index (χ2n) is 8.80. The van der Waals surface area contributed by atoms with Crippen molar-refractivity contribution in [1.82, 2.24) is 19.6 Å². The standard InChI is InChI=1S/C23H34N4O4/c1-30-22(28)18-26-13-11-25(12-14-26)16-21-17-27(23(29)31-21)20-7-9-24(10-8-20)15-19-5-3-2-4-6-19/h2-6,20-21H,7-18H2,1H3. The number of hydrogen-bond donors (Lipinski definition) is 0. The van der Waals surface area contributed by atoms with Gasteiger partial charge in [-0.2, -0.15) is 0 Å². The first-order valence-electron chi connectivity index (χ1n) is 11.4. The number of methoxy groups -OCH3 is 1. The highest BCUT2D eigenvalue weighted by molar-refractivity contribution is 5.71. The lowest BCUT2D eigenvalue weighted by molar-refractivity contribution is -0.142. The first-order valence-corrected chi connectivity index (χ1v) is 11.4. The predicted molar refractivity (Wildman–Crippen MR) is 117 cm³/mol. The minimum atomic E-state index is -0.191. The van der Waals surface area contributed by atoms with Crippen molar-refractivity contribution >= 4 is 12.1 Å². The van der Waals surface area contributed by atoms with Gasteiger partial charge in [0.15, 0.2) is 0 Å². The maximum Gasteiger partial charge on any atom is 0.410 e. The number of rotatable bonds is 7. The number of hydrogen-bond acceptors (Lipinski definition) is 7. The molecule has 0 spiro atoms. The summed E-state index contributed by atoms with van der Waals surface area (Å²) in [6, 6.07) is 10.8. The number of benzene rings is 1. The van der Waals surface area contributed by atoms with Crippen LogP contribution in [0.25, 0.3) is 0 Å². The van der Waals surface area contributed by atoms with Gasteiger partial charge in [-0.25, -0.2) is 4.79 Å². The maximum absolute atomic E-state index is 12.5. The fourth-order valence-electron chi connectivity index (χ4n) is 4.83. The quantitative estimate of drug-likeness (QED) is 0.604. The Hall–Kier alpha value is -2.16. The van der Waals surface area contributed by atoms with Crippen molar-refractivity contribution in [3.8, 4) is 0 Å². The first kappa shape index (κ1) is 22.0. The summed E-state index contributed by atoms with van der Waals surface area (Å²) >= 11 is 0. The van der Waals surface area contributed by atoms with Gasteiger partial charge in [-0.15, -0.1) is 0 Å². The van der Waals surface area contributed by atoms with Crippen LogP contribution in [-0.2, 0) is 20.8 Å². The zero-order chi connectivity index (χ0) is 21.6. The van der Waals surface area contributed by atoms with E-state index in [1.165, 1.54) is 12.7 Å². The van der Waals surface area contributed by atoms with E-state index in [2.05, 4.69) is 39.0 Å². The average molecular weight is 431 g/mol. The molecule has 3 aliphatic heterocycles. The van der Waals surface area contributed by atoms with Crippen molar-refractivity contribution in [2.75, 3.05) is 66.0 Å². The molecule has 4 rings (SSSR count). The summed E-state index contributed by atoms with van der Waals surface area (Å²) in [5, 5.41) is 0. The number of amides is 1. The van der Waals surface area contributed by atoms with Gasteiger partial charge in [0.05, 0.1) is 20.2 Å². The molecule has 3 heterocycles. The van der Waals surface area contributed by atoms with Crippen molar-refractivity contribution in [2.45, 2.75) is 31.5 Å². The Balaban J connectivity index is 1.18. The van der Waals surface area contributed by atoms with Crippen LogP contribution in [-0.4, -0.2) is 110 Å². The van der Waals surface area contributed by atoms with Crippen LogP contribution in [0, 0.1) is 0 Å². The Morgan fingerprint density at radius 3 is 2.35 bits per heavy atom. The molecule has 1 aromatic carbocycles. The third kappa shape index (κ3) is 5.96. The summed E-state index contributed by atoms with van der Waals surface area (Å²) in [4.78, 5) is 32.8. The molecule has 3 fully saturated rings. The Bertz CT molecular complexity index is 730. The van der Waals surface area contributed by atoms with Gasteiger partial charge in [0.1, 0.15) is 6.10 Å². The van der Waals surface area contributed by atoms with E-state index in [0.717, 1.165) is 65.2 Å². The van der Waals surface area contributed by atoms with Crippen LogP contribution in [0.3, 0.4) is 0 Å². The van der Waals surface area contributed by atoms with Gasteiger partial charge in [0.25, 0.3) is 0 Å². The molecule has 0 aromatic heterocycles. The lowest BCUT2D eigenvalue weighted by atomic mass is 10.0. The van der Waals surface area contributed by atoms with Crippen molar-refractivity contribution in [3.63, 3.8) is 0 Å². The number of carbonyl (C=O) groups is 2. The lowest BCUT2D eigenvalue weighted by Gasteiger charge is -2.36. The molecule has 3 aliphatic rings. The van der Waals surface area contributed by atoms with E-state index < -0.39 is 0 Å². The minimum Gasteiger partial charge on any atom is -0.468 e. The van der Waals surface area contributed by atoms with Crippen LogP contribution < -0.4 is 0 Å². The van der Waals surface area contributed by atoms with Crippen molar-refractivity contribution < 1.29 is 19.1 Å². The third-order valence-electron chi connectivity index (χ3n) is 6.66. The van der Waals surface area contributed by atoms with Crippen LogP contribution in [0.5, 0.6) is 0 Å². The molecule has 1 atom stereocenters. The number of esters is 1. The summed E-state index contributed by atoms with van der Waals surface area (Å²) in [5.74, 6) is -0.191. The van der Waals surface area contributed by atoms with E-state index in [1.54, 1.807) is 0 Å². The molecule has 0 N–H and O–H groups in total. The molecular formula is C23H34N4O4. The maximum atomic E-state index is 12.5. The zero-order valence-electron chi connectivity index (χ0n) is 18.4. The van der Waals surface area contributed by atoms with Crippen molar-refractivity contribution in [1.29, 1.82) is 0 Å². The highest BCUT2D eigenvalue weighted by Crippen LogP contribution is 2.24. The summed E-state index contributed by atoms with van der Waals surface area (Å²) < 4.78 is 10.4. The molecule has 0 bridgehead atoms. The molecule has 1 unspecified atom stereocenters. The van der Waals surface area contributed by atoms with Gasteiger partial charge in [0, 0.05) is 58.4 Å². The average Bonchev–Trinajstić information content (AvgIpc) is 3.16. The number of carbonyl (C=O) groups excluding carboxylic acids is 2. The molecule has 31 heavy (non-hydrogen) atoms. The summed E-state index contributed by atoms with van der Waals surface area (Å²) in [6.45, 7) is 8.21. The predicted octanol–water partition coefficient (Wildman–Crippen LogP) is 1.26. The molecular weight excluding hydrogens is 396 g/mol. The van der Waals surface area contributed by atoms with Crippen molar-refractivity contribution in [2.24, 2.45) is 0 Å². The number of cyclic esters (lactones) is 1. The molecule has 0 radical (unpaired) electrons. The minimum absolute atomic E-state index is 0.0676. The molecule has 8 heteroatoms. The van der Waals surface area contributed by atoms with E-state index in [-0.39, 0.29) is 24.2 Å². The molecule has 0 saturated carbocycles. The molecule has 170 valence electrons. The fourth-order valence-corrected chi connectivity index (χ4v) is 4.83. The Morgan fingerprint density at radius 1 is 1.00 bits per heavy atom. The molecule has 1 aromatic rings. The van der Waals surface area contributed by atoms with E-state index in [0.29, 0.717) is 13.1 Å². The van der Waals surface area contributed by atoms with E-state index in [1.807, 2.05) is 11.0 Å². The second-order valence-corrected chi connectivity index (χ2v) is 8.80. The smallest absolute Gasteiger partial charge is 0.410 e. The van der Waals surface area contributed by atoms with Crippen LogP contribution in [0.15, 0.2) is 30.3 Å².